The van der Waals surface area contributed by atoms with Gasteiger partial charge in [0, 0.05) is 11.4 Å². The van der Waals surface area contributed by atoms with Crippen molar-refractivity contribution >= 4 is 17.7 Å². The maximum Gasteiger partial charge on any atom is 0.252 e. The fourth-order valence-electron chi connectivity index (χ4n) is 2.79. The molecule has 1 saturated heterocycles. The van der Waals surface area contributed by atoms with Crippen LogP contribution in [-0.2, 0) is 0 Å². The summed E-state index contributed by atoms with van der Waals surface area (Å²) in [5.74, 6) is 0.0517. The minimum Gasteiger partial charge on any atom is -0.352 e. The van der Waals surface area contributed by atoms with Crippen LogP contribution < -0.4 is 5.32 Å². The van der Waals surface area contributed by atoms with E-state index >= 15 is 0 Å². The molecule has 3 nitrogen and oxygen atoms in total. The van der Waals surface area contributed by atoms with Gasteiger partial charge in [-0.2, -0.15) is 0 Å². The highest BCUT2D eigenvalue weighted by molar-refractivity contribution is 7.98. The highest BCUT2D eigenvalue weighted by Crippen LogP contribution is 2.19. The number of nitrogens with zero attached hydrogens (tertiary/aromatic N) is 1. The first kappa shape index (κ1) is 16.4. The van der Waals surface area contributed by atoms with Crippen molar-refractivity contribution in [2.45, 2.75) is 37.0 Å². The Kier molecular flexibility index (Phi) is 7.10. The molecule has 4 heteroatoms. The number of hydrogen-bond donors (Lipinski definition) is 1. The Balaban J connectivity index is 1.71. The quantitative estimate of drug-likeness (QED) is 0.646. The van der Waals surface area contributed by atoms with Gasteiger partial charge in [-0.05, 0) is 57.3 Å². The van der Waals surface area contributed by atoms with Gasteiger partial charge in [0.2, 0.25) is 0 Å². The highest BCUT2D eigenvalue weighted by Gasteiger charge is 2.11. The standard InChI is InChI=1S/C17H26N2OS/c1-21-16-10-5-4-9-15(16)17(20)18-11-8-14-19-12-6-2-3-7-13-19/h4-5,9-10H,2-3,6-8,11-14H2,1H3,(H,18,20). The first-order valence-corrected chi connectivity index (χ1v) is 9.17. The molecule has 1 aliphatic heterocycles. The maximum atomic E-state index is 12.2. The molecule has 0 aromatic heterocycles. The van der Waals surface area contributed by atoms with Crippen LogP contribution in [0.3, 0.4) is 0 Å². The fraction of sp³-hybridized carbons (Fsp3) is 0.588. The van der Waals surface area contributed by atoms with E-state index in [9.17, 15) is 4.79 Å². The molecule has 116 valence electrons. The smallest absolute Gasteiger partial charge is 0.252 e. The molecule has 1 amide bonds. The van der Waals surface area contributed by atoms with Crippen molar-refractivity contribution in [2.75, 3.05) is 32.4 Å². The van der Waals surface area contributed by atoms with E-state index in [1.807, 2.05) is 30.5 Å². The van der Waals surface area contributed by atoms with Crippen molar-refractivity contribution in [3.8, 4) is 0 Å². The van der Waals surface area contributed by atoms with Crippen LogP contribution in [0, 0.1) is 0 Å². The predicted molar refractivity (Wildman–Crippen MR) is 90.1 cm³/mol. The Labute approximate surface area is 132 Å². The van der Waals surface area contributed by atoms with Crippen LogP contribution in [0.5, 0.6) is 0 Å². The van der Waals surface area contributed by atoms with Crippen molar-refractivity contribution in [1.29, 1.82) is 0 Å². The normalized spacial score (nSPS) is 16.4. The van der Waals surface area contributed by atoms with Crippen LogP contribution in [-0.4, -0.2) is 43.2 Å². The third-order valence-electron chi connectivity index (χ3n) is 3.99. The molecular formula is C17H26N2OS. The Morgan fingerprint density at radius 3 is 2.62 bits per heavy atom. The summed E-state index contributed by atoms with van der Waals surface area (Å²) >= 11 is 1.62. The predicted octanol–water partition coefficient (Wildman–Crippen LogP) is 3.40. The molecule has 1 aromatic carbocycles. The van der Waals surface area contributed by atoms with E-state index < -0.39 is 0 Å². The van der Waals surface area contributed by atoms with Crippen molar-refractivity contribution in [1.82, 2.24) is 10.2 Å². The lowest BCUT2D eigenvalue weighted by atomic mass is 10.2. The monoisotopic (exact) mass is 306 g/mol. The lowest BCUT2D eigenvalue weighted by Gasteiger charge is -2.19. The molecule has 0 unspecified atom stereocenters. The second-order valence-corrected chi connectivity index (χ2v) is 6.41. The minimum absolute atomic E-state index is 0.0517. The second kappa shape index (κ2) is 9.11. The van der Waals surface area contributed by atoms with Gasteiger partial charge in [-0.25, -0.2) is 0 Å². The molecule has 2 rings (SSSR count). The summed E-state index contributed by atoms with van der Waals surface area (Å²) < 4.78 is 0. The molecule has 0 radical (unpaired) electrons. The molecule has 0 saturated carbocycles. The lowest BCUT2D eigenvalue weighted by Crippen LogP contribution is -2.30. The zero-order valence-corrected chi connectivity index (χ0v) is 13.8. The molecular weight excluding hydrogens is 280 g/mol. The third-order valence-corrected chi connectivity index (χ3v) is 4.78. The van der Waals surface area contributed by atoms with Crippen molar-refractivity contribution in [2.24, 2.45) is 0 Å². The molecule has 0 spiro atoms. The van der Waals surface area contributed by atoms with Crippen molar-refractivity contribution in [3.63, 3.8) is 0 Å². The number of carbonyl (C=O) groups is 1. The van der Waals surface area contributed by atoms with E-state index in [-0.39, 0.29) is 5.91 Å². The summed E-state index contributed by atoms with van der Waals surface area (Å²) in [6, 6.07) is 7.79. The Bertz CT molecular complexity index is 442. The van der Waals surface area contributed by atoms with E-state index in [1.165, 1.54) is 38.8 Å². The van der Waals surface area contributed by atoms with Crippen LogP contribution in [0.2, 0.25) is 0 Å². The van der Waals surface area contributed by atoms with Gasteiger partial charge in [-0.15, -0.1) is 11.8 Å². The van der Waals surface area contributed by atoms with E-state index in [2.05, 4.69) is 10.2 Å². The fourth-order valence-corrected chi connectivity index (χ4v) is 3.39. The number of nitrogens with one attached hydrogen (secondary N) is 1. The molecule has 1 fully saturated rings. The molecule has 0 atom stereocenters. The number of likely N-dealkylation sites (tertiary alicyclic amines) is 1. The summed E-state index contributed by atoms with van der Waals surface area (Å²) in [5, 5.41) is 3.05. The van der Waals surface area contributed by atoms with E-state index in [0.717, 1.165) is 30.0 Å². The van der Waals surface area contributed by atoms with Gasteiger partial charge in [0.05, 0.1) is 5.56 Å². The number of benzene rings is 1. The van der Waals surface area contributed by atoms with Gasteiger partial charge in [0.1, 0.15) is 0 Å². The molecule has 1 aromatic rings. The summed E-state index contributed by atoms with van der Waals surface area (Å²) in [7, 11) is 0. The number of hydrogen-bond acceptors (Lipinski definition) is 3. The van der Waals surface area contributed by atoms with Gasteiger partial charge < -0.3 is 10.2 Å². The number of amides is 1. The van der Waals surface area contributed by atoms with Gasteiger partial charge in [-0.1, -0.05) is 25.0 Å². The van der Waals surface area contributed by atoms with E-state index in [4.69, 9.17) is 0 Å². The zero-order chi connectivity index (χ0) is 14.9. The van der Waals surface area contributed by atoms with Crippen LogP contribution in [0.4, 0.5) is 0 Å². The molecule has 0 aliphatic carbocycles. The average molecular weight is 306 g/mol. The van der Waals surface area contributed by atoms with E-state index in [0.29, 0.717) is 0 Å². The molecule has 0 bridgehead atoms. The van der Waals surface area contributed by atoms with Crippen LogP contribution in [0.15, 0.2) is 29.2 Å². The summed E-state index contributed by atoms with van der Waals surface area (Å²) in [6.07, 6.45) is 8.44. The molecule has 21 heavy (non-hydrogen) atoms. The second-order valence-electron chi connectivity index (χ2n) is 5.57. The number of carbonyl (C=O) groups excluding carboxylic acids is 1. The van der Waals surface area contributed by atoms with Gasteiger partial charge >= 0.3 is 0 Å². The molecule has 1 N–H and O–H groups in total. The third kappa shape index (κ3) is 5.36. The molecule has 1 aliphatic rings. The Morgan fingerprint density at radius 1 is 1.19 bits per heavy atom. The topological polar surface area (TPSA) is 32.3 Å². The van der Waals surface area contributed by atoms with Crippen LogP contribution in [0.25, 0.3) is 0 Å². The first-order chi connectivity index (χ1) is 10.3. The van der Waals surface area contributed by atoms with Crippen LogP contribution >= 0.6 is 11.8 Å². The minimum atomic E-state index is 0.0517. The molecule has 1 heterocycles. The largest absolute Gasteiger partial charge is 0.352 e. The lowest BCUT2D eigenvalue weighted by molar-refractivity contribution is 0.0948. The number of thioether (sulfide) groups is 1. The maximum absolute atomic E-state index is 12.2. The van der Waals surface area contributed by atoms with Gasteiger partial charge in [-0.3, -0.25) is 4.79 Å². The van der Waals surface area contributed by atoms with Gasteiger partial charge in [0.15, 0.2) is 0 Å². The van der Waals surface area contributed by atoms with Gasteiger partial charge in [0.25, 0.3) is 5.91 Å². The highest BCUT2D eigenvalue weighted by atomic mass is 32.2. The van der Waals surface area contributed by atoms with Crippen molar-refractivity contribution in [3.05, 3.63) is 29.8 Å². The summed E-state index contributed by atoms with van der Waals surface area (Å²) in [4.78, 5) is 15.8. The zero-order valence-electron chi connectivity index (χ0n) is 12.9. The summed E-state index contributed by atoms with van der Waals surface area (Å²) in [6.45, 7) is 4.31. The summed E-state index contributed by atoms with van der Waals surface area (Å²) in [5.41, 5.74) is 0.791. The number of rotatable bonds is 6. The average Bonchev–Trinajstić information content (AvgIpc) is 2.80. The van der Waals surface area contributed by atoms with Crippen molar-refractivity contribution < 1.29 is 4.79 Å². The van der Waals surface area contributed by atoms with E-state index in [1.54, 1.807) is 11.8 Å². The Morgan fingerprint density at radius 2 is 1.90 bits per heavy atom. The Hall–Kier alpha value is -1.00. The van der Waals surface area contributed by atoms with Crippen LogP contribution in [0.1, 0.15) is 42.5 Å². The SMILES string of the molecule is CSc1ccccc1C(=O)NCCCN1CCCCCC1. The first-order valence-electron chi connectivity index (χ1n) is 7.95.